The Morgan fingerprint density at radius 3 is 2.53 bits per heavy atom. The molecule has 1 saturated carbocycles. The van der Waals surface area contributed by atoms with Crippen LogP contribution in [0.3, 0.4) is 0 Å². The largest absolute Gasteiger partial charge is 0.313 e. The average molecular weight is 465 g/mol. The second-order valence-electron chi connectivity index (χ2n) is 8.24. The zero-order chi connectivity index (χ0) is 22.2. The van der Waals surface area contributed by atoms with Crippen LogP contribution >= 0.6 is 22.9 Å². The molecule has 0 atom stereocenters. The van der Waals surface area contributed by atoms with Crippen molar-refractivity contribution in [3.05, 3.63) is 85.8 Å². The fourth-order valence-electron chi connectivity index (χ4n) is 4.55. The number of benzene rings is 2. The van der Waals surface area contributed by atoms with Gasteiger partial charge < -0.3 is 4.57 Å². The molecule has 2 heterocycles. The lowest BCUT2D eigenvalue weighted by atomic mass is 10.1. The summed E-state index contributed by atoms with van der Waals surface area (Å²) in [5.74, 6) is 0. The van der Waals surface area contributed by atoms with Crippen LogP contribution in [-0.2, 0) is 7.05 Å². The van der Waals surface area contributed by atoms with E-state index in [-0.39, 0.29) is 5.56 Å². The zero-order valence-electron chi connectivity index (χ0n) is 18.2. The van der Waals surface area contributed by atoms with E-state index in [9.17, 15) is 4.79 Å². The Morgan fingerprint density at radius 1 is 1.06 bits per heavy atom. The summed E-state index contributed by atoms with van der Waals surface area (Å²) < 4.78 is 5.88. The lowest BCUT2D eigenvalue weighted by molar-refractivity contribution is 0.512. The van der Waals surface area contributed by atoms with Gasteiger partial charge >= 0.3 is 0 Å². The van der Waals surface area contributed by atoms with Crippen LogP contribution in [-0.4, -0.2) is 13.9 Å². The van der Waals surface area contributed by atoms with Gasteiger partial charge in [-0.25, -0.2) is 9.67 Å². The first-order valence-electron chi connectivity index (χ1n) is 10.9. The number of hydrogen-bond donors (Lipinski definition) is 0. The third-order valence-electron chi connectivity index (χ3n) is 6.28. The van der Waals surface area contributed by atoms with E-state index in [0.29, 0.717) is 11.7 Å². The highest BCUT2D eigenvalue weighted by Crippen LogP contribution is 2.34. The first-order valence-corrected chi connectivity index (χ1v) is 12.1. The molecule has 0 spiro atoms. The van der Waals surface area contributed by atoms with Gasteiger partial charge in [0.25, 0.3) is 5.56 Å². The maximum absolute atomic E-state index is 13.4. The number of halogens is 1. The van der Waals surface area contributed by atoms with Gasteiger partial charge in [0.15, 0.2) is 10.5 Å². The van der Waals surface area contributed by atoms with Crippen molar-refractivity contribution in [3.63, 3.8) is 0 Å². The number of thiazole rings is 1. The lowest BCUT2D eigenvalue weighted by Gasteiger charge is -2.16. The van der Waals surface area contributed by atoms with Gasteiger partial charge in [0.2, 0.25) is 0 Å². The third kappa shape index (κ3) is 3.67. The second kappa shape index (κ2) is 8.60. The van der Waals surface area contributed by atoms with E-state index in [1.54, 1.807) is 16.0 Å². The number of nitrogens with zero attached hydrogens (tertiary/aromatic N) is 4. The standard InChI is InChI=1S/C25H25ClN4OS/c1-17-23(24(31)30(28(17)2)21-13-4-3-5-14-21)27-25-29(20-11-6-7-12-20)22(16-32-25)18-9-8-10-19(26)15-18/h3-5,8-10,13-16,20H,6-7,11-12H2,1-2H3. The molecule has 164 valence electrons. The molecule has 1 fully saturated rings. The molecule has 32 heavy (non-hydrogen) atoms. The predicted octanol–water partition coefficient (Wildman–Crippen LogP) is 6.02. The van der Waals surface area contributed by atoms with Gasteiger partial charge in [-0.3, -0.25) is 9.48 Å². The van der Waals surface area contributed by atoms with Gasteiger partial charge in [-0.2, -0.15) is 0 Å². The smallest absolute Gasteiger partial charge is 0.297 e. The van der Waals surface area contributed by atoms with Crippen molar-refractivity contribution in [2.24, 2.45) is 12.0 Å². The van der Waals surface area contributed by atoms with E-state index >= 15 is 0 Å². The summed E-state index contributed by atoms with van der Waals surface area (Å²) in [5.41, 5.74) is 4.25. The molecule has 0 bridgehead atoms. The fraction of sp³-hybridized carbons (Fsp3) is 0.280. The number of hydrogen-bond acceptors (Lipinski definition) is 3. The molecule has 5 nitrogen and oxygen atoms in total. The Labute approximate surface area is 195 Å². The summed E-state index contributed by atoms with van der Waals surface area (Å²) >= 11 is 7.87. The molecule has 4 aromatic rings. The maximum Gasteiger partial charge on any atom is 0.297 e. The van der Waals surface area contributed by atoms with Gasteiger partial charge in [-0.1, -0.05) is 54.8 Å². The second-order valence-corrected chi connectivity index (χ2v) is 9.52. The van der Waals surface area contributed by atoms with E-state index in [4.69, 9.17) is 16.6 Å². The van der Waals surface area contributed by atoms with Crippen molar-refractivity contribution < 1.29 is 0 Å². The van der Waals surface area contributed by atoms with Crippen LogP contribution in [0.2, 0.25) is 5.02 Å². The summed E-state index contributed by atoms with van der Waals surface area (Å²) in [6.45, 7) is 1.95. The highest BCUT2D eigenvalue weighted by atomic mass is 35.5. The van der Waals surface area contributed by atoms with Gasteiger partial charge in [0, 0.05) is 29.1 Å². The molecule has 0 unspecified atom stereocenters. The first-order chi connectivity index (χ1) is 15.5. The van der Waals surface area contributed by atoms with E-state index in [1.807, 2.05) is 67.2 Å². The number of para-hydroxylation sites is 1. The summed E-state index contributed by atoms with van der Waals surface area (Å²) in [6.07, 6.45) is 4.68. The van der Waals surface area contributed by atoms with Crippen LogP contribution in [0.15, 0.2) is 69.8 Å². The summed E-state index contributed by atoms with van der Waals surface area (Å²) in [7, 11) is 1.90. The van der Waals surface area contributed by atoms with E-state index in [2.05, 4.69) is 16.0 Å². The molecule has 0 N–H and O–H groups in total. The first kappa shape index (κ1) is 21.0. The zero-order valence-corrected chi connectivity index (χ0v) is 19.7. The monoisotopic (exact) mass is 464 g/mol. The lowest BCUT2D eigenvalue weighted by Crippen LogP contribution is -2.21. The van der Waals surface area contributed by atoms with Crippen LogP contribution in [0, 0.1) is 6.92 Å². The molecule has 0 radical (unpaired) electrons. The van der Waals surface area contributed by atoms with Crippen molar-refractivity contribution in [2.45, 2.75) is 38.6 Å². The van der Waals surface area contributed by atoms with Gasteiger partial charge in [0.1, 0.15) is 0 Å². The normalized spacial score (nSPS) is 15.0. The van der Waals surface area contributed by atoms with Crippen LogP contribution in [0.1, 0.15) is 37.4 Å². The SMILES string of the molecule is Cc1c(N=c2scc(-c3cccc(Cl)c3)n2C2CCCC2)c(=O)n(-c2ccccc2)n1C. The summed E-state index contributed by atoms with van der Waals surface area (Å²) in [4.78, 5) is 19.2. The Balaban J connectivity index is 1.71. The molecule has 2 aromatic heterocycles. The molecule has 0 amide bonds. The molecule has 1 aliphatic rings. The fourth-order valence-corrected chi connectivity index (χ4v) is 5.72. The van der Waals surface area contributed by atoms with Crippen LogP contribution in [0.4, 0.5) is 5.69 Å². The topological polar surface area (TPSA) is 44.2 Å². The quantitative estimate of drug-likeness (QED) is 0.364. The average Bonchev–Trinajstić information content (AvgIpc) is 3.51. The van der Waals surface area contributed by atoms with Gasteiger partial charge in [0.05, 0.1) is 17.1 Å². The summed E-state index contributed by atoms with van der Waals surface area (Å²) in [5, 5.41) is 2.85. The van der Waals surface area contributed by atoms with Crippen LogP contribution in [0.25, 0.3) is 16.9 Å². The van der Waals surface area contributed by atoms with E-state index < -0.39 is 0 Å². The Morgan fingerprint density at radius 2 is 1.81 bits per heavy atom. The molecular formula is C25H25ClN4OS. The predicted molar refractivity (Wildman–Crippen MR) is 131 cm³/mol. The number of rotatable bonds is 4. The Hall–Kier alpha value is -2.83. The van der Waals surface area contributed by atoms with Crippen molar-refractivity contribution in [1.29, 1.82) is 0 Å². The Bertz CT molecular complexity index is 1390. The minimum absolute atomic E-state index is 0.105. The van der Waals surface area contributed by atoms with E-state index in [0.717, 1.165) is 45.3 Å². The molecule has 0 aliphatic heterocycles. The van der Waals surface area contributed by atoms with Gasteiger partial charge in [-0.15, -0.1) is 11.3 Å². The third-order valence-corrected chi connectivity index (χ3v) is 7.36. The molecular weight excluding hydrogens is 440 g/mol. The molecule has 0 saturated heterocycles. The highest BCUT2D eigenvalue weighted by molar-refractivity contribution is 7.07. The van der Waals surface area contributed by atoms with Crippen LogP contribution in [0.5, 0.6) is 0 Å². The number of aromatic nitrogens is 3. The van der Waals surface area contributed by atoms with Crippen molar-refractivity contribution in [1.82, 2.24) is 13.9 Å². The Kier molecular flexibility index (Phi) is 5.66. The maximum atomic E-state index is 13.4. The van der Waals surface area contributed by atoms with Crippen molar-refractivity contribution in [2.75, 3.05) is 0 Å². The molecule has 7 heteroatoms. The molecule has 2 aromatic carbocycles. The summed E-state index contributed by atoms with van der Waals surface area (Å²) in [6, 6.07) is 18.0. The van der Waals surface area contributed by atoms with Crippen molar-refractivity contribution >= 4 is 28.6 Å². The van der Waals surface area contributed by atoms with Crippen molar-refractivity contribution in [3.8, 4) is 16.9 Å². The minimum Gasteiger partial charge on any atom is -0.313 e. The van der Waals surface area contributed by atoms with Crippen LogP contribution < -0.4 is 10.4 Å². The molecule has 1 aliphatic carbocycles. The molecule has 5 rings (SSSR count). The van der Waals surface area contributed by atoms with E-state index in [1.165, 1.54) is 12.8 Å². The minimum atomic E-state index is -0.105. The van der Waals surface area contributed by atoms with Gasteiger partial charge in [-0.05, 0) is 44.0 Å². The highest BCUT2D eigenvalue weighted by Gasteiger charge is 2.23.